The van der Waals surface area contributed by atoms with Crippen LogP contribution in [0.2, 0.25) is 0 Å². The van der Waals surface area contributed by atoms with Crippen LogP contribution in [0.5, 0.6) is 0 Å². The van der Waals surface area contributed by atoms with E-state index in [0.717, 1.165) is 57.5 Å². The SMILES string of the molecule is COCCCNC(=S)NC(C)CN1CCOCC1. The van der Waals surface area contributed by atoms with Gasteiger partial charge in [0.1, 0.15) is 0 Å². The lowest BCUT2D eigenvalue weighted by molar-refractivity contribution is 0.0352. The Morgan fingerprint density at radius 1 is 1.44 bits per heavy atom. The molecular weight excluding hydrogens is 250 g/mol. The Kier molecular flexibility index (Phi) is 8.24. The molecule has 1 atom stereocenters. The average molecular weight is 275 g/mol. The number of hydrogen-bond donors (Lipinski definition) is 2. The van der Waals surface area contributed by atoms with Crippen molar-refractivity contribution in [1.82, 2.24) is 15.5 Å². The normalized spacial score (nSPS) is 18.3. The molecule has 18 heavy (non-hydrogen) atoms. The second kappa shape index (κ2) is 9.49. The van der Waals surface area contributed by atoms with E-state index in [1.807, 2.05) is 0 Å². The van der Waals surface area contributed by atoms with Crippen LogP contribution in [-0.2, 0) is 9.47 Å². The van der Waals surface area contributed by atoms with Gasteiger partial charge in [0.05, 0.1) is 13.2 Å². The maximum atomic E-state index is 5.33. The minimum absolute atomic E-state index is 0.352. The van der Waals surface area contributed by atoms with Crippen molar-refractivity contribution in [3.8, 4) is 0 Å². The van der Waals surface area contributed by atoms with Gasteiger partial charge in [0.25, 0.3) is 0 Å². The Morgan fingerprint density at radius 3 is 2.83 bits per heavy atom. The molecule has 1 fully saturated rings. The van der Waals surface area contributed by atoms with Gasteiger partial charge in [-0.3, -0.25) is 4.90 Å². The zero-order valence-electron chi connectivity index (χ0n) is 11.4. The number of hydrogen-bond acceptors (Lipinski definition) is 4. The van der Waals surface area contributed by atoms with Gasteiger partial charge in [-0.1, -0.05) is 0 Å². The van der Waals surface area contributed by atoms with Crippen LogP contribution in [0.4, 0.5) is 0 Å². The molecule has 5 nitrogen and oxygen atoms in total. The van der Waals surface area contributed by atoms with Crippen LogP contribution >= 0.6 is 12.2 Å². The van der Waals surface area contributed by atoms with Crippen molar-refractivity contribution in [3.63, 3.8) is 0 Å². The zero-order chi connectivity index (χ0) is 13.2. The van der Waals surface area contributed by atoms with Crippen molar-refractivity contribution in [1.29, 1.82) is 0 Å². The van der Waals surface area contributed by atoms with E-state index in [-0.39, 0.29) is 0 Å². The van der Waals surface area contributed by atoms with Crippen LogP contribution in [0.1, 0.15) is 13.3 Å². The number of nitrogens with zero attached hydrogens (tertiary/aromatic N) is 1. The summed E-state index contributed by atoms with van der Waals surface area (Å²) in [6, 6.07) is 0.352. The fourth-order valence-electron chi connectivity index (χ4n) is 1.91. The minimum Gasteiger partial charge on any atom is -0.385 e. The summed E-state index contributed by atoms with van der Waals surface area (Å²) in [5.74, 6) is 0. The first-order valence-corrected chi connectivity index (χ1v) is 6.96. The van der Waals surface area contributed by atoms with Crippen molar-refractivity contribution in [2.24, 2.45) is 0 Å². The minimum atomic E-state index is 0.352. The molecule has 1 heterocycles. The van der Waals surface area contributed by atoms with Gasteiger partial charge in [0, 0.05) is 45.9 Å². The van der Waals surface area contributed by atoms with Crippen LogP contribution < -0.4 is 10.6 Å². The highest BCUT2D eigenvalue weighted by molar-refractivity contribution is 7.80. The van der Waals surface area contributed by atoms with Crippen LogP contribution in [0.3, 0.4) is 0 Å². The molecule has 0 bridgehead atoms. The molecule has 106 valence electrons. The van der Waals surface area contributed by atoms with Gasteiger partial charge >= 0.3 is 0 Å². The monoisotopic (exact) mass is 275 g/mol. The molecule has 0 aliphatic carbocycles. The number of rotatable bonds is 7. The third kappa shape index (κ3) is 7.10. The smallest absolute Gasteiger partial charge is 0.166 e. The highest BCUT2D eigenvalue weighted by atomic mass is 32.1. The quantitative estimate of drug-likeness (QED) is 0.511. The number of morpholine rings is 1. The van der Waals surface area contributed by atoms with E-state index in [9.17, 15) is 0 Å². The van der Waals surface area contributed by atoms with Gasteiger partial charge in [0.2, 0.25) is 0 Å². The molecule has 0 aromatic carbocycles. The van der Waals surface area contributed by atoms with Crippen molar-refractivity contribution in [2.75, 3.05) is 53.1 Å². The molecule has 2 N–H and O–H groups in total. The van der Waals surface area contributed by atoms with E-state index >= 15 is 0 Å². The van der Waals surface area contributed by atoms with Crippen LogP contribution in [0.15, 0.2) is 0 Å². The number of methoxy groups -OCH3 is 1. The van der Waals surface area contributed by atoms with Crippen molar-refractivity contribution in [2.45, 2.75) is 19.4 Å². The lowest BCUT2D eigenvalue weighted by Crippen LogP contribution is -2.48. The molecule has 1 aliphatic heterocycles. The molecule has 0 spiro atoms. The van der Waals surface area contributed by atoms with E-state index in [0.29, 0.717) is 6.04 Å². The Labute approximate surface area is 115 Å². The summed E-state index contributed by atoms with van der Waals surface area (Å²) < 4.78 is 10.3. The van der Waals surface area contributed by atoms with Gasteiger partial charge in [0.15, 0.2) is 5.11 Å². The fourth-order valence-corrected chi connectivity index (χ4v) is 2.21. The van der Waals surface area contributed by atoms with Gasteiger partial charge in [-0.2, -0.15) is 0 Å². The summed E-state index contributed by atoms with van der Waals surface area (Å²) >= 11 is 5.24. The van der Waals surface area contributed by atoms with Gasteiger partial charge in [-0.15, -0.1) is 0 Å². The van der Waals surface area contributed by atoms with Crippen molar-refractivity contribution < 1.29 is 9.47 Å². The second-order valence-electron chi connectivity index (χ2n) is 4.56. The Balaban J connectivity index is 2.06. The average Bonchev–Trinajstić information content (AvgIpc) is 2.35. The molecule has 1 rings (SSSR count). The predicted octanol–water partition coefficient (Wildman–Crippen LogP) is 0.208. The van der Waals surface area contributed by atoms with E-state index in [2.05, 4.69) is 22.5 Å². The lowest BCUT2D eigenvalue weighted by atomic mass is 10.3. The lowest BCUT2D eigenvalue weighted by Gasteiger charge is -2.29. The van der Waals surface area contributed by atoms with Gasteiger partial charge in [-0.05, 0) is 25.6 Å². The largest absolute Gasteiger partial charge is 0.385 e. The highest BCUT2D eigenvalue weighted by Gasteiger charge is 2.13. The Morgan fingerprint density at radius 2 is 2.17 bits per heavy atom. The molecule has 1 saturated heterocycles. The van der Waals surface area contributed by atoms with Crippen molar-refractivity contribution >= 4 is 17.3 Å². The van der Waals surface area contributed by atoms with E-state index in [4.69, 9.17) is 21.7 Å². The summed E-state index contributed by atoms with van der Waals surface area (Å²) in [6.07, 6.45) is 0.968. The molecule has 1 aliphatic rings. The zero-order valence-corrected chi connectivity index (χ0v) is 12.2. The first-order chi connectivity index (χ1) is 8.72. The first-order valence-electron chi connectivity index (χ1n) is 6.55. The predicted molar refractivity (Wildman–Crippen MR) is 77.0 cm³/mol. The standard InChI is InChI=1S/C12H25N3O2S/c1-11(10-15-5-8-17-9-6-15)14-12(18)13-4-3-7-16-2/h11H,3-10H2,1-2H3,(H2,13,14,18). The van der Waals surface area contributed by atoms with Crippen LogP contribution in [0, 0.1) is 0 Å². The molecule has 1 unspecified atom stereocenters. The molecule has 0 amide bonds. The molecule has 0 saturated carbocycles. The Bertz CT molecular complexity index is 235. The number of nitrogens with one attached hydrogen (secondary N) is 2. The van der Waals surface area contributed by atoms with Crippen LogP contribution in [0.25, 0.3) is 0 Å². The van der Waals surface area contributed by atoms with E-state index < -0.39 is 0 Å². The molecule has 0 radical (unpaired) electrons. The van der Waals surface area contributed by atoms with Crippen molar-refractivity contribution in [3.05, 3.63) is 0 Å². The molecule has 6 heteroatoms. The highest BCUT2D eigenvalue weighted by Crippen LogP contribution is 1.98. The number of thiocarbonyl (C=S) groups is 1. The maximum absolute atomic E-state index is 5.33. The maximum Gasteiger partial charge on any atom is 0.166 e. The first kappa shape index (κ1) is 15.6. The summed E-state index contributed by atoms with van der Waals surface area (Å²) in [7, 11) is 1.71. The summed E-state index contributed by atoms with van der Waals surface area (Å²) in [6.45, 7) is 8.48. The molecule has 0 aromatic rings. The summed E-state index contributed by atoms with van der Waals surface area (Å²) in [5.41, 5.74) is 0. The fraction of sp³-hybridized carbons (Fsp3) is 0.917. The van der Waals surface area contributed by atoms with E-state index in [1.54, 1.807) is 7.11 Å². The Hall–Kier alpha value is -0.430. The third-order valence-electron chi connectivity index (χ3n) is 2.82. The molecular formula is C12H25N3O2S. The molecule has 0 aromatic heterocycles. The second-order valence-corrected chi connectivity index (χ2v) is 4.97. The van der Waals surface area contributed by atoms with Crippen LogP contribution in [-0.4, -0.2) is 69.2 Å². The van der Waals surface area contributed by atoms with Gasteiger partial charge in [-0.25, -0.2) is 0 Å². The van der Waals surface area contributed by atoms with E-state index in [1.165, 1.54) is 0 Å². The summed E-state index contributed by atoms with van der Waals surface area (Å²) in [4.78, 5) is 2.40. The third-order valence-corrected chi connectivity index (χ3v) is 3.09. The van der Waals surface area contributed by atoms with Gasteiger partial charge < -0.3 is 20.1 Å². The topological polar surface area (TPSA) is 45.8 Å². The number of ether oxygens (including phenoxy) is 2. The summed E-state index contributed by atoms with van der Waals surface area (Å²) in [5, 5.41) is 7.21.